The molecule has 0 aliphatic heterocycles. The van der Waals surface area contributed by atoms with Crippen LogP contribution in [0.15, 0.2) is 6.20 Å². The van der Waals surface area contributed by atoms with Gasteiger partial charge in [0.25, 0.3) is 0 Å². The standard InChI is InChI=1S/C11H19N3O2S/c1-8(9-3-2-4-9)12-5-10(15)7-16-11-6-13-17-14-11/h6,8-10,12,15H,2-5,7H2,1H3. The van der Waals surface area contributed by atoms with E-state index in [2.05, 4.69) is 21.0 Å². The van der Waals surface area contributed by atoms with Crippen LogP contribution < -0.4 is 10.1 Å². The molecule has 1 saturated carbocycles. The van der Waals surface area contributed by atoms with Gasteiger partial charge in [-0.1, -0.05) is 6.42 Å². The second-order valence-electron chi connectivity index (χ2n) is 4.60. The molecule has 1 fully saturated rings. The molecule has 96 valence electrons. The first-order valence-electron chi connectivity index (χ1n) is 6.07. The maximum Gasteiger partial charge on any atom is 0.245 e. The summed E-state index contributed by atoms with van der Waals surface area (Å²) in [6.45, 7) is 3.01. The van der Waals surface area contributed by atoms with Gasteiger partial charge in [0.05, 0.1) is 11.7 Å². The Balaban J connectivity index is 1.58. The zero-order valence-corrected chi connectivity index (χ0v) is 10.8. The molecule has 2 N–H and O–H groups in total. The number of nitrogens with zero attached hydrogens (tertiary/aromatic N) is 2. The van der Waals surface area contributed by atoms with Crippen LogP contribution in [0.1, 0.15) is 26.2 Å². The van der Waals surface area contributed by atoms with Crippen molar-refractivity contribution >= 4 is 11.7 Å². The number of rotatable bonds is 7. The molecule has 1 aromatic heterocycles. The number of ether oxygens (including phenoxy) is 1. The summed E-state index contributed by atoms with van der Waals surface area (Å²) in [6, 6.07) is 0.485. The lowest BCUT2D eigenvalue weighted by Gasteiger charge is -2.32. The van der Waals surface area contributed by atoms with E-state index in [1.54, 1.807) is 6.20 Å². The normalized spacial score (nSPS) is 19.6. The van der Waals surface area contributed by atoms with Crippen LogP contribution in [0.25, 0.3) is 0 Å². The maximum absolute atomic E-state index is 9.74. The maximum atomic E-state index is 9.74. The number of aliphatic hydroxyl groups excluding tert-OH is 1. The van der Waals surface area contributed by atoms with Crippen LogP contribution in [-0.2, 0) is 0 Å². The van der Waals surface area contributed by atoms with Crippen molar-refractivity contribution in [2.75, 3.05) is 13.2 Å². The summed E-state index contributed by atoms with van der Waals surface area (Å²) in [5.74, 6) is 1.27. The number of aromatic nitrogens is 2. The molecule has 1 aliphatic rings. The van der Waals surface area contributed by atoms with Crippen LogP contribution in [-0.4, -0.2) is 39.2 Å². The minimum atomic E-state index is -0.501. The van der Waals surface area contributed by atoms with Crippen LogP contribution in [0.3, 0.4) is 0 Å². The van der Waals surface area contributed by atoms with Crippen LogP contribution in [0.2, 0.25) is 0 Å². The molecule has 2 unspecified atom stereocenters. The predicted octanol–water partition coefficient (Wildman–Crippen LogP) is 1.06. The van der Waals surface area contributed by atoms with Crippen molar-refractivity contribution in [1.29, 1.82) is 0 Å². The van der Waals surface area contributed by atoms with Gasteiger partial charge in [0.1, 0.15) is 18.9 Å². The summed E-state index contributed by atoms with van der Waals surface area (Å²) >= 11 is 1.10. The van der Waals surface area contributed by atoms with Crippen LogP contribution in [0.5, 0.6) is 5.88 Å². The van der Waals surface area contributed by atoms with E-state index in [9.17, 15) is 5.11 Å². The lowest BCUT2D eigenvalue weighted by Crippen LogP contribution is -2.42. The largest absolute Gasteiger partial charge is 0.473 e. The Morgan fingerprint density at radius 1 is 1.65 bits per heavy atom. The first-order valence-corrected chi connectivity index (χ1v) is 6.80. The molecular weight excluding hydrogens is 238 g/mol. The molecule has 2 rings (SSSR count). The van der Waals surface area contributed by atoms with E-state index >= 15 is 0 Å². The second-order valence-corrected chi connectivity index (χ2v) is 5.16. The van der Waals surface area contributed by atoms with Gasteiger partial charge in [-0.25, -0.2) is 0 Å². The molecule has 5 nitrogen and oxygen atoms in total. The van der Waals surface area contributed by atoms with E-state index in [1.165, 1.54) is 19.3 Å². The van der Waals surface area contributed by atoms with Crippen molar-refractivity contribution in [3.63, 3.8) is 0 Å². The quantitative estimate of drug-likeness (QED) is 0.764. The number of nitrogens with one attached hydrogen (secondary N) is 1. The van der Waals surface area contributed by atoms with Gasteiger partial charge in [0.15, 0.2) is 0 Å². The van der Waals surface area contributed by atoms with Gasteiger partial charge in [-0.2, -0.15) is 4.37 Å². The summed E-state index contributed by atoms with van der Waals surface area (Å²) in [5, 5.41) is 13.1. The SMILES string of the molecule is CC(NCC(O)COc1cnsn1)C1CCC1. The highest BCUT2D eigenvalue weighted by Gasteiger charge is 2.23. The van der Waals surface area contributed by atoms with Gasteiger partial charge in [-0.3, -0.25) is 0 Å². The monoisotopic (exact) mass is 257 g/mol. The van der Waals surface area contributed by atoms with E-state index in [4.69, 9.17) is 4.74 Å². The third-order valence-electron chi connectivity index (χ3n) is 3.30. The van der Waals surface area contributed by atoms with Crippen LogP contribution in [0.4, 0.5) is 0 Å². The Morgan fingerprint density at radius 3 is 3.06 bits per heavy atom. The molecule has 1 aromatic rings. The van der Waals surface area contributed by atoms with E-state index in [-0.39, 0.29) is 6.61 Å². The topological polar surface area (TPSA) is 67.3 Å². The highest BCUT2D eigenvalue weighted by atomic mass is 32.1. The van der Waals surface area contributed by atoms with E-state index < -0.39 is 6.10 Å². The smallest absolute Gasteiger partial charge is 0.245 e. The molecule has 0 bridgehead atoms. The fourth-order valence-corrected chi connectivity index (χ4v) is 2.25. The average molecular weight is 257 g/mol. The number of hydrogen-bond acceptors (Lipinski definition) is 6. The van der Waals surface area contributed by atoms with E-state index in [0.29, 0.717) is 18.5 Å². The molecule has 0 spiro atoms. The predicted molar refractivity (Wildman–Crippen MR) is 66.2 cm³/mol. The average Bonchev–Trinajstić information content (AvgIpc) is 2.73. The molecule has 6 heteroatoms. The molecule has 0 radical (unpaired) electrons. The second kappa shape index (κ2) is 6.28. The van der Waals surface area contributed by atoms with Crippen LogP contribution in [0, 0.1) is 5.92 Å². The third kappa shape index (κ3) is 3.90. The third-order valence-corrected chi connectivity index (χ3v) is 3.76. The summed E-state index contributed by atoms with van der Waals surface area (Å²) in [6.07, 6.45) is 5.02. The molecule has 17 heavy (non-hydrogen) atoms. The zero-order valence-electron chi connectivity index (χ0n) is 10.0. The fourth-order valence-electron chi connectivity index (χ4n) is 1.89. The van der Waals surface area contributed by atoms with Gasteiger partial charge in [0.2, 0.25) is 5.88 Å². The minimum Gasteiger partial charge on any atom is -0.473 e. The molecular formula is C11H19N3O2S. The highest BCUT2D eigenvalue weighted by molar-refractivity contribution is 6.99. The summed E-state index contributed by atoms with van der Waals surface area (Å²) in [4.78, 5) is 0. The molecule has 0 aromatic carbocycles. The summed E-state index contributed by atoms with van der Waals surface area (Å²) in [7, 11) is 0. The molecule has 0 amide bonds. The summed E-state index contributed by atoms with van der Waals surface area (Å²) in [5.41, 5.74) is 0. The first kappa shape index (κ1) is 12.7. The Bertz CT molecular complexity index is 317. The number of hydrogen-bond donors (Lipinski definition) is 2. The lowest BCUT2D eigenvalue weighted by atomic mass is 9.80. The van der Waals surface area contributed by atoms with Crippen molar-refractivity contribution in [2.24, 2.45) is 5.92 Å². The zero-order chi connectivity index (χ0) is 12.1. The molecule has 0 saturated heterocycles. The fraction of sp³-hybridized carbons (Fsp3) is 0.818. The summed E-state index contributed by atoms with van der Waals surface area (Å²) < 4.78 is 13.0. The Labute approximate surface area is 106 Å². The van der Waals surface area contributed by atoms with E-state index in [1.807, 2.05) is 0 Å². The van der Waals surface area contributed by atoms with Gasteiger partial charge in [-0.05, 0) is 25.7 Å². The Hall–Kier alpha value is -0.720. The van der Waals surface area contributed by atoms with Crippen molar-refractivity contribution < 1.29 is 9.84 Å². The minimum absolute atomic E-state index is 0.260. The van der Waals surface area contributed by atoms with Crippen molar-refractivity contribution in [2.45, 2.75) is 38.3 Å². The Kier molecular flexibility index (Phi) is 4.70. The van der Waals surface area contributed by atoms with Crippen molar-refractivity contribution in [1.82, 2.24) is 14.1 Å². The number of aliphatic hydroxyl groups is 1. The van der Waals surface area contributed by atoms with Crippen LogP contribution >= 0.6 is 11.7 Å². The van der Waals surface area contributed by atoms with Crippen molar-refractivity contribution in [3.8, 4) is 5.88 Å². The lowest BCUT2D eigenvalue weighted by molar-refractivity contribution is 0.0964. The molecule has 1 aliphatic carbocycles. The Morgan fingerprint density at radius 2 is 2.47 bits per heavy atom. The van der Waals surface area contributed by atoms with Gasteiger partial charge < -0.3 is 15.2 Å². The van der Waals surface area contributed by atoms with Gasteiger partial charge in [0, 0.05) is 12.6 Å². The first-order chi connectivity index (χ1) is 8.25. The molecule has 2 atom stereocenters. The van der Waals surface area contributed by atoms with E-state index in [0.717, 1.165) is 17.6 Å². The highest BCUT2D eigenvalue weighted by Crippen LogP contribution is 2.29. The van der Waals surface area contributed by atoms with Gasteiger partial charge >= 0.3 is 0 Å². The van der Waals surface area contributed by atoms with Crippen molar-refractivity contribution in [3.05, 3.63) is 6.20 Å². The van der Waals surface area contributed by atoms with Gasteiger partial charge in [-0.15, -0.1) is 4.37 Å². The molecule has 1 heterocycles.